The van der Waals surface area contributed by atoms with E-state index in [4.69, 9.17) is 10.8 Å². The molecule has 48 heavy (non-hydrogen) atoms. The Morgan fingerprint density at radius 1 is 0.771 bits per heavy atom. The van der Waals surface area contributed by atoms with Gasteiger partial charge in [-0.1, -0.05) is 121 Å². The molecule has 7 heteroatoms. The lowest BCUT2D eigenvalue weighted by molar-refractivity contribution is -0.118. The first-order chi connectivity index (χ1) is 23.5. The van der Waals surface area contributed by atoms with Crippen molar-refractivity contribution < 1.29 is 9.59 Å². The lowest BCUT2D eigenvalue weighted by Gasteiger charge is -2.31. The molecule has 1 aliphatic heterocycles. The lowest BCUT2D eigenvalue weighted by atomic mass is 9.83. The summed E-state index contributed by atoms with van der Waals surface area (Å²) in [5.41, 5.74) is 13.8. The minimum Gasteiger partial charge on any atom is -0.325 e. The van der Waals surface area contributed by atoms with Crippen LogP contribution in [0, 0.1) is 11.8 Å². The number of carbonyl (C=O) groups excluding carboxylic acids is 2. The van der Waals surface area contributed by atoms with Crippen LogP contribution in [0.1, 0.15) is 75.3 Å². The normalized spacial score (nSPS) is 20.9. The molecule has 246 valence electrons. The van der Waals surface area contributed by atoms with Gasteiger partial charge >= 0.3 is 6.03 Å². The SMILES string of the molecule is NC(C(=O)Nc1ccc([N@+]2(Cc3ccccc3-c3ccccc3)N=C(C3CCCCC3)c3ccccc3NC2=O)cc1)C1CCCCC1. The standard InChI is InChI=1S/C41H45N5O2/c42-38(30-16-6-2-7-17-30)40(47)43-33-24-26-34(27-25-33)46(28-32-20-10-11-21-35(32)29-14-4-1-5-15-29)41(48)44-37-23-13-12-22-36(37)39(45-46)31-18-8-3-9-19-31/h1,4-5,10-15,20-27,30-31,38H,2-3,6-9,16-19,28,42H2,(H-,43,44,45,47,48)/p+1/t38?,46-/m0/s1. The molecular formula is C41H46N5O2+. The van der Waals surface area contributed by atoms with E-state index in [-0.39, 0.29) is 28.4 Å². The monoisotopic (exact) mass is 640 g/mol. The first-order valence-corrected chi connectivity index (χ1v) is 17.7. The fourth-order valence-electron chi connectivity index (χ4n) is 7.89. The van der Waals surface area contributed by atoms with Gasteiger partial charge in [-0.15, -0.1) is 0 Å². The molecule has 4 aromatic rings. The van der Waals surface area contributed by atoms with Crippen LogP contribution in [0.2, 0.25) is 0 Å². The molecule has 0 bridgehead atoms. The number of anilines is 2. The van der Waals surface area contributed by atoms with Gasteiger partial charge in [0.2, 0.25) is 5.91 Å². The Labute approximate surface area is 283 Å². The number of nitrogens with one attached hydrogen (secondary N) is 2. The Morgan fingerprint density at radius 2 is 1.40 bits per heavy atom. The number of amides is 3. The molecule has 3 amide bonds. The Morgan fingerprint density at radius 3 is 2.12 bits per heavy atom. The number of urea groups is 1. The molecule has 1 heterocycles. The summed E-state index contributed by atoms with van der Waals surface area (Å²) in [7, 11) is 0. The highest BCUT2D eigenvalue weighted by atomic mass is 16.2. The highest BCUT2D eigenvalue weighted by Crippen LogP contribution is 2.39. The second-order valence-corrected chi connectivity index (χ2v) is 13.7. The molecule has 2 atom stereocenters. The number of nitrogens with two attached hydrogens (primary N) is 1. The summed E-state index contributed by atoms with van der Waals surface area (Å²) in [6, 6.07) is 33.6. The van der Waals surface area contributed by atoms with Crippen LogP contribution in [0.5, 0.6) is 0 Å². The smallest absolute Gasteiger partial charge is 0.325 e. The number of fused-ring (bicyclic) bond motifs is 1. The zero-order valence-electron chi connectivity index (χ0n) is 27.6. The lowest BCUT2D eigenvalue weighted by Crippen LogP contribution is -2.51. The maximum absolute atomic E-state index is 14.8. The van der Waals surface area contributed by atoms with Crippen LogP contribution in [0.15, 0.2) is 108 Å². The number of quaternary nitrogens is 1. The van der Waals surface area contributed by atoms with Gasteiger partial charge in [0, 0.05) is 34.9 Å². The van der Waals surface area contributed by atoms with Crippen molar-refractivity contribution in [3.05, 3.63) is 114 Å². The average Bonchev–Trinajstić information content (AvgIpc) is 3.27. The first kappa shape index (κ1) is 32.0. The van der Waals surface area contributed by atoms with Gasteiger partial charge in [-0.3, -0.25) is 10.1 Å². The quantitative estimate of drug-likeness (QED) is 0.168. The van der Waals surface area contributed by atoms with Crippen LogP contribution in [-0.2, 0) is 11.3 Å². The number of hydrogen-bond donors (Lipinski definition) is 3. The fraction of sp³-hybridized carbons (Fsp3) is 0.341. The summed E-state index contributed by atoms with van der Waals surface area (Å²) >= 11 is 0. The van der Waals surface area contributed by atoms with E-state index in [1.54, 1.807) is 0 Å². The first-order valence-electron chi connectivity index (χ1n) is 17.7. The summed E-state index contributed by atoms with van der Waals surface area (Å²) in [5, 5.41) is 11.9. The third-order valence-corrected chi connectivity index (χ3v) is 10.6. The molecule has 0 spiro atoms. The largest absolute Gasteiger partial charge is 0.453 e. The fourth-order valence-corrected chi connectivity index (χ4v) is 7.89. The predicted octanol–water partition coefficient (Wildman–Crippen LogP) is 9.24. The molecule has 0 saturated heterocycles. The molecule has 0 aromatic heterocycles. The number of rotatable bonds is 8. The zero-order valence-corrected chi connectivity index (χ0v) is 27.6. The van der Waals surface area contributed by atoms with Crippen molar-refractivity contribution in [2.45, 2.75) is 76.8 Å². The van der Waals surface area contributed by atoms with Crippen LogP contribution in [0.3, 0.4) is 0 Å². The number of nitrogens with zero attached hydrogens (tertiary/aromatic N) is 2. The van der Waals surface area contributed by atoms with E-state index in [1.165, 1.54) is 12.8 Å². The van der Waals surface area contributed by atoms with Gasteiger partial charge in [0.1, 0.15) is 12.3 Å². The molecule has 2 fully saturated rings. The molecule has 7 rings (SSSR count). The molecule has 1 unspecified atom stereocenters. The van der Waals surface area contributed by atoms with E-state index in [9.17, 15) is 9.59 Å². The van der Waals surface area contributed by atoms with Gasteiger partial charge in [0.25, 0.3) is 0 Å². The number of benzene rings is 4. The molecule has 4 aromatic carbocycles. The van der Waals surface area contributed by atoms with Gasteiger partial charge < -0.3 is 11.1 Å². The maximum atomic E-state index is 14.8. The molecule has 0 radical (unpaired) electrons. The van der Waals surface area contributed by atoms with Crippen LogP contribution in [0.25, 0.3) is 11.1 Å². The molecule has 2 aliphatic carbocycles. The highest BCUT2D eigenvalue weighted by molar-refractivity contribution is 6.13. The Bertz CT molecular complexity index is 1770. The Balaban J connectivity index is 1.31. The summed E-state index contributed by atoms with van der Waals surface area (Å²) in [6.07, 6.45) is 11.1. The van der Waals surface area contributed by atoms with Crippen LogP contribution >= 0.6 is 0 Å². The van der Waals surface area contributed by atoms with Gasteiger partial charge in [0.05, 0.1) is 11.7 Å². The number of carbonyl (C=O) groups is 2. The molecule has 4 N–H and O–H groups in total. The van der Waals surface area contributed by atoms with E-state index in [0.29, 0.717) is 12.2 Å². The topological polar surface area (TPSA) is 96.6 Å². The van der Waals surface area contributed by atoms with Crippen LogP contribution in [-0.4, -0.2) is 23.7 Å². The number of hydrogen-bond acceptors (Lipinski definition) is 4. The summed E-state index contributed by atoms with van der Waals surface area (Å²) in [4.78, 5) is 28.0. The summed E-state index contributed by atoms with van der Waals surface area (Å²) < 4.78 is -0.278. The van der Waals surface area contributed by atoms with E-state index in [2.05, 4.69) is 41.0 Å². The van der Waals surface area contributed by atoms with Gasteiger partial charge in [0.15, 0.2) is 5.69 Å². The van der Waals surface area contributed by atoms with Crippen molar-refractivity contribution in [2.75, 3.05) is 10.6 Å². The van der Waals surface area contributed by atoms with Crippen molar-refractivity contribution in [1.29, 1.82) is 0 Å². The second-order valence-electron chi connectivity index (χ2n) is 13.7. The minimum absolute atomic E-state index is 0.157. The van der Waals surface area contributed by atoms with Gasteiger partial charge in [-0.25, -0.2) is 4.79 Å². The van der Waals surface area contributed by atoms with E-state index < -0.39 is 6.04 Å². The van der Waals surface area contributed by atoms with E-state index in [1.807, 2.05) is 72.8 Å². The van der Waals surface area contributed by atoms with Crippen molar-refractivity contribution in [2.24, 2.45) is 22.7 Å². The Kier molecular flexibility index (Phi) is 9.50. The van der Waals surface area contributed by atoms with Crippen LogP contribution in [0.4, 0.5) is 21.9 Å². The zero-order chi connectivity index (χ0) is 32.9. The average molecular weight is 641 g/mol. The molecular weight excluding hydrogens is 594 g/mol. The van der Waals surface area contributed by atoms with E-state index in [0.717, 1.165) is 90.7 Å². The van der Waals surface area contributed by atoms with Gasteiger partial charge in [-0.2, -0.15) is 0 Å². The van der Waals surface area contributed by atoms with Crippen molar-refractivity contribution in [3.63, 3.8) is 0 Å². The molecule has 2 saturated carbocycles. The second kappa shape index (κ2) is 14.3. The van der Waals surface area contributed by atoms with Crippen molar-refractivity contribution >= 4 is 34.7 Å². The van der Waals surface area contributed by atoms with Crippen LogP contribution < -0.4 is 21.0 Å². The summed E-state index contributed by atoms with van der Waals surface area (Å²) in [5.74, 6) is 0.316. The minimum atomic E-state index is -0.532. The van der Waals surface area contributed by atoms with Gasteiger partial charge in [-0.05, 0) is 60.9 Å². The van der Waals surface area contributed by atoms with Crippen molar-refractivity contribution in [3.8, 4) is 11.1 Å². The summed E-state index contributed by atoms with van der Waals surface area (Å²) in [6.45, 7) is 0.319. The Hall–Kier alpha value is -4.59. The molecule has 3 aliphatic rings. The number of para-hydroxylation sites is 1. The maximum Gasteiger partial charge on any atom is 0.453 e. The molecule has 7 nitrogen and oxygen atoms in total. The third kappa shape index (κ3) is 6.58. The van der Waals surface area contributed by atoms with Crippen molar-refractivity contribution in [1.82, 2.24) is 4.59 Å². The predicted molar refractivity (Wildman–Crippen MR) is 196 cm³/mol. The highest BCUT2D eigenvalue weighted by Gasteiger charge is 2.46. The van der Waals surface area contributed by atoms with E-state index >= 15 is 0 Å². The third-order valence-electron chi connectivity index (χ3n) is 10.6.